The van der Waals surface area contributed by atoms with Crippen molar-refractivity contribution in [3.05, 3.63) is 93.4 Å². The van der Waals surface area contributed by atoms with E-state index in [4.69, 9.17) is 13.6 Å². The number of esters is 1. The minimum Gasteiger partial charge on any atom is -0.453 e. The van der Waals surface area contributed by atoms with Crippen molar-refractivity contribution in [3.63, 3.8) is 0 Å². The van der Waals surface area contributed by atoms with Crippen molar-refractivity contribution in [2.24, 2.45) is 0 Å². The van der Waals surface area contributed by atoms with Crippen LogP contribution in [0.2, 0.25) is 0 Å². The number of nitrogens with zero attached hydrogens (tertiary/aromatic N) is 5. The fourth-order valence-corrected chi connectivity index (χ4v) is 4.60. The number of aromatic amines is 1. The molecule has 0 bridgehead atoms. The average molecular weight is 585 g/mol. The predicted octanol–water partition coefficient (Wildman–Crippen LogP) is 3.25. The summed E-state index contributed by atoms with van der Waals surface area (Å²) in [5.74, 6) is -0.0831. The molecule has 0 aliphatic rings. The number of ether oxygens (including phenoxy) is 1. The number of tetrazole rings is 1. The number of imidazole rings is 1. The van der Waals surface area contributed by atoms with E-state index in [2.05, 4.69) is 25.6 Å². The van der Waals surface area contributed by atoms with Crippen LogP contribution in [-0.4, -0.2) is 64.3 Å². The van der Waals surface area contributed by atoms with Crippen LogP contribution in [0.3, 0.4) is 0 Å². The minimum atomic E-state index is -1.41. The van der Waals surface area contributed by atoms with Gasteiger partial charge < -0.3 is 23.2 Å². The summed E-state index contributed by atoms with van der Waals surface area (Å²) in [6.07, 6.45) is 1.37. The number of nitrogens with one attached hydrogen (secondary N) is 1. The van der Waals surface area contributed by atoms with Crippen molar-refractivity contribution in [1.82, 2.24) is 30.2 Å². The Labute approximate surface area is 257 Å². The minimum absolute atomic E-state index is 0. The van der Waals surface area contributed by atoms with Crippen molar-refractivity contribution < 1.29 is 23.5 Å². The van der Waals surface area contributed by atoms with Gasteiger partial charge in [0.05, 0.1) is 0 Å². The Bertz CT molecular complexity index is 1710. The number of hydrogen-bond acceptors (Lipinski definition) is 10. The molecule has 2 N–H and O–H groups in total. The quantitative estimate of drug-likeness (QED) is 0.184. The molecule has 42 heavy (non-hydrogen) atoms. The summed E-state index contributed by atoms with van der Waals surface area (Å²) >= 11 is 0. The first-order valence-electron chi connectivity index (χ1n) is 13.2. The van der Waals surface area contributed by atoms with E-state index in [0.717, 1.165) is 28.7 Å². The number of H-pyrrole nitrogens is 1. The molecule has 216 valence electrons. The Kier molecular flexibility index (Phi) is 9.44. The summed E-state index contributed by atoms with van der Waals surface area (Å²) in [6, 6.07) is 15.7. The number of aromatic nitrogens is 6. The van der Waals surface area contributed by atoms with Crippen LogP contribution in [0, 0.1) is 6.92 Å². The van der Waals surface area contributed by atoms with Crippen LogP contribution in [0.1, 0.15) is 66.3 Å². The lowest BCUT2D eigenvalue weighted by molar-refractivity contribution is 0.0395. The van der Waals surface area contributed by atoms with Gasteiger partial charge in [0.2, 0.25) is 5.82 Å². The van der Waals surface area contributed by atoms with E-state index in [1.807, 2.05) is 55.5 Å². The molecule has 0 aliphatic carbocycles. The van der Waals surface area contributed by atoms with Crippen molar-refractivity contribution in [2.75, 3.05) is 0 Å². The summed E-state index contributed by atoms with van der Waals surface area (Å²) in [5.41, 5.74) is 2.60. The number of hydrogen-bond donors (Lipinski definition) is 2. The molecular formula is C29H32MgN6O6. The van der Waals surface area contributed by atoms with Gasteiger partial charge in [0.1, 0.15) is 17.1 Å². The van der Waals surface area contributed by atoms with E-state index >= 15 is 0 Å². The Morgan fingerprint density at radius 2 is 1.81 bits per heavy atom. The zero-order valence-corrected chi connectivity index (χ0v) is 23.2. The van der Waals surface area contributed by atoms with Crippen molar-refractivity contribution in [1.29, 1.82) is 0 Å². The predicted molar refractivity (Wildman–Crippen MR) is 155 cm³/mol. The van der Waals surface area contributed by atoms with Gasteiger partial charge in [-0.1, -0.05) is 55.5 Å². The van der Waals surface area contributed by atoms with Gasteiger partial charge in [0.25, 0.3) is 0 Å². The Balaban J connectivity index is 0.00000405. The molecule has 0 saturated carbocycles. The van der Waals surface area contributed by atoms with Crippen molar-refractivity contribution in [3.8, 4) is 22.5 Å². The van der Waals surface area contributed by atoms with Gasteiger partial charge in [-0.2, -0.15) is 5.21 Å². The maximum absolute atomic E-state index is 13.5. The van der Waals surface area contributed by atoms with Gasteiger partial charge in [0.15, 0.2) is 23.8 Å². The maximum Gasteiger partial charge on any atom is 0.519 e. The topological polar surface area (TPSA) is 162 Å². The number of rotatable bonds is 10. The second kappa shape index (κ2) is 12.8. The summed E-state index contributed by atoms with van der Waals surface area (Å²) in [7, 11) is 0. The van der Waals surface area contributed by atoms with Crippen LogP contribution in [0.15, 0.2) is 62.2 Å². The summed E-state index contributed by atoms with van der Waals surface area (Å²) < 4.78 is 17.1. The molecule has 3 aromatic heterocycles. The van der Waals surface area contributed by atoms with E-state index in [0.29, 0.717) is 24.6 Å². The van der Waals surface area contributed by atoms with Gasteiger partial charge in [-0.05, 0) is 49.1 Å². The number of aryl methyl sites for hydroxylation is 2. The average Bonchev–Trinajstić information content (AvgIpc) is 3.67. The van der Waals surface area contributed by atoms with Crippen molar-refractivity contribution >= 4 is 29.0 Å². The van der Waals surface area contributed by atoms with Crippen LogP contribution in [0.5, 0.6) is 0 Å². The summed E-state index contributed by atoms with van der Waals surface area (Å²) in [4.78, 5) is 29.5. The largest absolute Gasteiger partial charge is 0.519 e. The normalized spacial score (nSPS) is 11.4. The van der Waals surface area contributed by atoms with E-state index < -0.39 is 17.4 Å². The molecule has 13 heteroatoms. The van der Waals surface area contributed by atoms with Crippen LogP contribution < -0.4 is 5.82 Å². The van der Waals surface area contributed by atoms with Gasteiger partial charge in [-0.25, -0.2) is 14.6 Å². The molecule has 0 saturated heterocycles. The highest BCUT2D eigenvalue weighted by Gasteiger charge is 2.33. The molecule has 5 rings (SSSR count). The molecule has 0 fully saturated rings. The standard InChI is InChI=1S/C29H30N6O6.Mg.2H/c1-5-8-23-30-25(29(3,4)38)24(27(36)39-16-22-17(2)40-28(37)41-22)35(23)15-18-11-13-19(14-12-18)20-9-6-7-10-21(20)26-31-33-34-32-26;;;/h6-7,9-14,38H,5,8,15-16H2,1-4H3,(H,31,32,33,34);;;. The molecule has 0 radical (unpaired) electrons. The lowest BCUT2D eigenvalue weighted by Crippen LogP contribution is -2.23. The third-order valence-electron chi connectivity index (χ3n) is 6.58. The Morgan fingerprint density at radius 3 is 2.40 bits per heavy atom. The summed E-state index contributed by atoms with van der Waals surface area (Å²) in [5, 5.41) is 25.3. The molecule has 0 atom stereocenters. The number of carbonyl (C=O) groups excluding carboxylic acids is 1. The third-order valence-corrected chi connectivity index (χ3v) is 6.58. The lowest BCUT2D eigenvalue weighted by atomic mass is 9.98. The number of benzene rings is 2. The second-order valence-electron chi connectivity index (χ2n) is 10.1. The molecule has 0 spiro atoms. The fraction of sp³-hybridized carbons (Fsp3) is 0.310. The molecule has 2 aromatic carbocycles. The van der Waals surface area contributed by atoms with E-state index in [9.17, 15) is 14.7 Å². The van der Waals surface area contributed by atoms with Gasteiger partial charge >= 0.3 is 34.8 Å². The fourth-order valence-electron chi connectivity index (χ4n) is 4.60. The molecule has 12 nitrogen and oxygen atoms in total. The van der Waals surface area contributed by atoms with E-state index in [-0.39, 0.29) is 52.6 Å². The van der Waals surface area contributed by atoms with Gasteiger partial charge in [0, 0.05) is 18.5 Å². The second-order valence-corrected chi connectivity index (χ2v) is 10.1. The van der Waals surface area contributed by atoms with E-state index in [1.54, 1.807) is 25.3 Å². The zero-order valence-electron chi connectivity index (χ0n) is 23.2. The molecule has 0 amide bonds. The van der Waals surface area contributed by atoms with Crippen LogP contribution in [0.25, 0.3) is 22.5 Å². The number of aliphatic hydroxyl groups is 1. The van der Waals surface area contributed by atoms with Crippen LogP contribution >= 0.6 is 0 Å². The lowest BCUT2D eigenvalue weighted by Gasteiger charge is -2.17. The monoisotopic (exact) mass is 584 g/mol. The Hall–Kier alpha value is -4.07. The first-order valence-corrected chi connectivity index (χ1v) is 13.2. The Morgan fingerprint density at radius 1 is 1.10 bits per heavy atom. The highest BCUT2D eigenvalue weighted by Crippen LogP contribution is 2.31. The van der Waals surface area contributed by atoms with Gasteiger partial charge in [-0.3, -0.25) is 0 Å². The molecular weight excluding hydrogens is 553 g/mol. The first kappa shape index (κ1) is 30.9. The maximum atomic E-state index is 13.5. The van der Waals surface area contributed by atoms with Crippen LogP contribution in [0.4, 0.5) is 0 Å². The highest BCUT2D eigenvalue weighted by molar-refractivity contribution is 5.89. The van der Waals surface area contributed by atoms with Gasteiger partial charge in [-0.15, -0.1) is 10.2 Å². The van der Waals surface area contributed by atoms with Crippen LogP contribution in [-0.2, 0) is 29.9 Å². The first-order chi connectivity index (χ1) is 19.7. The number of carbonyl (C=O) groups is 1. The SMILES string of the molecule is CCCc1nc(C(C)(C)O)c(C(=O)OCc2oc(=O)oc2C)n1Cc1ccc(-c2ccccc2-c2nn[nH]n2)cc1.[MgH2]. The highest BCUT2D eigenvalue weighted by atomic mass is 24.3. The molecule has 0 unspecified atom stereocenters. The van der Waals surface area contributed by atoms with E-state index in [1.165, 1.54) is 0 Å². The molecule has 0 aliphatic heterocycles. The third kappa shape index (κ3) is 6.53. The molecule has 3 heterocycles. The zero-order chi connectivity index (χ0) is 29.1. The molecule has 5 aromatic rings. The van der Waals surface area contributed by atoms with Crippen molar-refractivity contribution in [2.45, 2.75) is 59.3 Å². The summed E-state index contributed by atoms with van der Waals surface area (Å²) in [6.45, 7) is 6.72. The smallest absolute Gasteiger partial charge is 0.453 e.